The van der Waals surface area contributed by atoms with Crippen LogP contribution in [0.5, 0.6) is 0 Å². The number of aliphatic hydroxyl groups excluding tert-OH is 1. The number of hydrogen-bond donors (Lipinski definition) is 1. The van der Waals surface area contributed by atoms with Crippen LogP contribution in [0.1, 0.15) is 11.7 Å². The molecular weight excluding hydrogens is 230 g/mol. The van der Waals surface area contributed by atoms with Crippen LogP contribution >= 0.6 is 0 Å². The van der Waals surface area contributed by atoms with Gasteiger partial charge >= 0.3 is 17.1 Å². The van der Waals surface area contributed by atoms with E-state index in [4.69, 9.17) is 10.4 Å². The Kier molecular flexibility index (Phi) is 7.31. The molecule has 15 heavy (non-hydrogen) atoms. The molecule has 1 N–H and O–H groups in total. The Morgan fingerprint density at radius 2 is 1.87 bits per heavy atom. The molecule has 2 aromatic rings. The predicted octanol–water partition coefficient (Wildman–Crippen LogP) is 2.37. The van der Waals surface area contributed by atoms with E-state index < -0.39 is 6.10 Å². The normalized spacial score (nSPS) is 10.1. The molecule has 0 aliphatic carbocycles. The monoisotopic (exact) mass is 241 g/mol. The molecule has 0 saturated carbocycles. The first-order valence-corrected chi connectivity index (χ1v) is 4.30. The molecule has 78 valence electrons. The van der Waals surface area contributed by atoms with E-state index in [-0.39, 0.29) is 17.1 Å². The molecule has 0 radical (unpaired) electrons. The van der Waals surface area contributed by atoms with Gasteiger partial charge in [0, 0.05) is 0 Å². The van der Waals surface area contributed by atoms with Crippen LogP contribution in [-0.2, 0) is 17.1 Å². The number of aliphatic hydroxyl groups is 1. The number of hydrogen-bond acceptors (Lipinski definition) is 2. The zero-order chi connectivity index (χ0) is 10.2. The molecule has 2 rings (SSSR count). The van der Waals surface area contributed by atoms with Crippen molar-refractivity contribution in [3.05, 3.63) is 60.2 Å². The molecular formula is C12H11FeNO. The standard InChI is InChI=1S/C7H6NO.C5H5.Fe/c8-5-7(9)6-3-1-2-4-6;1-2-4-5-3-1;/h1-4,7,9H;1-5H;/q2*-1;+2. The Balaban J connectivity index is 0.000000280. The second kappa shape index (κ2) is 8.02. The van der Waals surface area contributed by atoms with E-state index in [1.165, 1.54) is 0 Å². The number of nitrogens with zero attached hydrogens (tertiary/aromatic N) is 1. The maximum absolute atomic E-state index is 8.86. The summed E-state index contributed by atoms with van der Waals surface area (Å²) >= 11 is 0. The summed E-state index contributed by atoms with van der Waals surface area (Å²) in [6, 6.07) is 18.7. The summed E-state index contributed by atoms with van der Waals surface area (Å²) in [6.45, 7) is 0. The van der Waals surface area contributed by atoms with Gasteiger partial charge in [-0.25, -0.2) is 24.3 Å². The SMILES string of the molecule is N#CC(O)c1ccc[cH-]1.[Fe+2].c1cc[cH-]c1. The minimum Gasteiger partial charge on any atom is -0.376 e. The van der Waals surface area contributed by atoms with Crippen molar-refractivity contribution in [2.24, 2.45) is 0 Å². The zero-order valence-corrected chi connectivity index (χ0v) is 9.13. The van der Waals surface area contributed by atoms with Crippen LogP contribution in [0.25, 0.3) is 0 Å². The summed E-state index contributed by atoms with van der Waals surface area (Å²) in [6.07, 6.45) is -0.958. The van der Waals surface area contributed by atoms with Gasteiger partial charge in [-0.1, -0.05) is 0 Å². The summed E-state index contributed by atoms with van der Waals surface area (Å²) in [5, 5.41) is 17.1. The van der Waals surface area contributed by atoms with Crippen molar-refractivity contribution in [2.75, 3.05) is 0 Å². The topological polar surface area (TPSA) is 44.0 Å². The summed E-state index contributed by atoms with van der Waals surface area (Å²) in [5.74, 6) is 0. The Morgan fingerprint density at radius 1 is 1.20 bits per heavy atom. The van der Waals surface area contributed by atoms with Gasteiger partial charge in [0.05, 0.1) is 6.07 Å². The van der Waals surface area contributed by atoms with Gasteiger partial charge in [0.2, 0.25) is 0 Å². The van der Waals surface area contributed by atoms with Gasteiger partial charge in [-0.2, -0.15) is 35.6 Å². The molecule has 0 aromatic heterocycles. The van der Waals surface area contributed by atoms with Crippen LogP contribution in [0.15, 0.2) is 54.6 Å². The van der Waals surface area contributed by atoms with Crippen molar-refractivity contribution < 1.29 is 22.2 Å². The maximum atomic E-state index is 8.86. The van der Waals surface area contributed by atoms with Crippen molar-refractivity contribution in [1.29, 1.82) is 5.26 Å². The van der Waals surface area contributed by atoms with Gasteiger partial charge in [-0.15, -0.1) is 5.56 Å². The largest absolute Gasteiger partial charge is 2.00 e. The van der Waals surface area contributed by atoms with Gasteiger partial charge in [0.15, 0.2) is 0 Å². The van der Waals surface area contributed by atoms with E-state index >= 15 is 0 Å². The number of rotatable bonds is 1. The van der Waals surface area contributed by atoms with Gasteiger partial charge in [0.1, 0.15) is 6.10 Å². The Labute approximate surface area is 100.0 Å². The van der Waals surface area contributed by atoms with Crippen LogP contribution in [0, 0.1) is 11.3 Å². The van der Waals surface area contributed by atoms with Crippen molar-refractivity contribution >= 4 is 0 Å². The van der Waals surface area contributed by atoms with E-state index in [1.807, 2.05) is 30.3 Å². The fraction of sp³-hybridized carbons (Fsp3) is 0.0833. The first-order chi connectivity index (χ1) is 6.84. The molecule has 0 aliphatic rings. The van der Waals surface area contributed by atoms with Gasteiger partial charge < -0.3 is 5.11 Å². The van der Waals surface area contributed by atoms with Crippen molar-refractivity contribution in [3.63, 3.8) is 0 Å². The van der Waals surface area contributed by atoms with Crippen molar-refractivity contribution in [2.45, 2.75) is 6.10 Å². The van der Waals surface area contributed by atoms with Crippen LogP contribution in [0.4, 0.5) is 0 Å². The molecule has 2 aromatic carbocycles. The minimum atomic E-state index is -0.958. The molecule has 0 spiro atoms. The second-order valence-corrected chi connectivity index (χ2v) is 2.71. The third-order valence-corrected chi connectivity index (χ3v) is 1.68. The minimum absolute atomic E-state index is 0. The van der Waals surface area contributed by atoms with Crippen LogP contribution in [0.2, 0.25) is 0 Å². The van der Waals surface area contributed by atoms with E-state index in [1.54, 1.807) is 30.3 Å². The molecule has 0 saturated heterocycles. The van der Waals surface area contributed by atoms with E-state index in [9.17, 15) is 0 Å². The molecule has 2 nitrogen and oxygen atoms in total. The van der Waals surface area contributed by atoms with Gasteiger partial charge in [-0.3, -0.25) is 0 Å². The second-order valence-electron chi connectivity index (χ2n) is 2.71. The first-order valence-electron chi connectivity index (χ1n) is 4.30. The van der Waals surface area contributed by atoms with Crippen molar-refractivity contribution in [1.82, 2.24) is 0 Å². The van der Waals surface area contributed by atoms with Crippen LogP contribution in [-0.4, -0.2) is 5.11 Å². The Bertz CT molecular complexity index is 342. The fourth-order valence-electron chi connectivity index (χ4n) is 0.966. The molecule has 3 heteroatoms. The Hall–Kier alpha value is -1.33. The average Bonchev–Trinajstić information content (AvgIpc) is 2.91. The molecule has 0 bridgehead atoms. The summed E-state index contributed by atoms with van der Waals surface area (Å²) in [5.41, 5.74) is 0.664. The first kappa shape index (κ1) is 13.7. The molecule has 0 aliphatic heterocycles. The zero-order valence-electron chi connectivity index (χ0n) is 8.02. The van der Waals surface area contributed by atoms with Crippen molar-refractivity contribution in [3.8, 4) is 6.07 Å². The quantitative estimate of drug-likeness (QED) is 0.473. The van der Waals surface area contributed by atoms with E-state index in [0.717, 1.165) is 0 Å². The predicted molar refractivity (Wildman–Crippen MR) is 54.6 cm³/mol. The third-order valence-electron chi connectivity index (χ3n) is 1.68. The van der Waals surface area contributed by atoms with E-state index in [2.05, 4.69) is 0 Å². The summed E-state index contributed by atoms with van der Waals surface area (Å²) in [4.78, 5) is 0. The van der Waals surface area contributed by atoms with Gasteiger partial charge in [-0.05, 0) is 0 Å². The summed E-state index contributed by atoms with van der Waals surface area (Å²) in [7, 11) is 0. The fourth-order valence-corrected chi connectivity index (χ4v) is 0.966. The third kappa shape index (κ3) is 5.19. The molecule has 0 fully saturated rings. The number of nitriles is 1. The van der Waals surface area contributed by atoms with Gasteiger partial charge in [0.25, 0.3) is 0 Å². The van der Waals surface area contributed by atoms with Crippen LogP contribution in [0.3, 0.4) is 0 Å². The Morgan fingerprint density at radius 3 is 2.20 bits per heavy atom. The molecule has 0 heterocycles. The van der Waals surface area contributed by atoms with Crippen LogP contribution < -0.4 is 0 Å². The molecule has 0 amide bonds. The maximum Gasteiger partial charge on any atom is 2.00 e. The molecule has 1 atom stereocenters. The summed E-state index contributed by atoms with van der Waals surface area (Å²) < 4.78 is 0. The van der Waals surface area contributed by atoms with E-state index in [0.29, 0.717) is 5.56 Å². The molecule has 1 unspecified atom stereocenters. The average molecular weight is 241 g/mol. The smallest absolute Gasteiger partial charge is 0.376 e.